The Bertz CT molecular complexity index is 1480. The molecule has 1 aliphatic carbocycles. The van der Waals surface area contributed by atoms with Crippen molar-refractivity contribution in [2.45, 2.75) is 109 Å². The number of para-hydroxylation sites is 2. The van der Waals surface area contributed by atoms with Crippen molar-refractivity contribution < 1.29 is 23.9 Å². The molecule has 2 aromatic rings. The van der Waals surface area contributed by atoms with Gasteiger partial charge in [-0.15, -0.1) is 0 Å². The largest absolute Gasteiger partial charge is 0.457 e. The highest BCUT2D eigenvalue weighted by atomic mass is 16.6. The highest BCUT2D eigenvalue weighted by Gasteiger charge is 2.43. The molecule has 2 aromatic carbocycles. The highest BCUT2D eigenvalue weighted by Crippen LogP contribution is 2.45. The molecule has 3 aliphatic heterocycles. The molecule has 4 aliphatic rings. The van der Waals surface area contributed by atoms with E-state index >= 15 is 4.79 Å². The standard InChI is InChI=1S/C41H56N4O5/c1-41(2,3)50-39(47)42-27-31-17-14-24-44(29-31)40(48)45(32-22-25-43(26-23-32)28-30-15-8-6-4-5-7-9-16-30)38(46)37-33-18-10-12-20-35(33)49-36-21-13-11-19-34(36)37/h10-13,15,18-21,31-32,37H,4-9,14,16-17,22-29H2,1-3H3,(H,42,47)/b30-15+/t31-/m1/s1. The Morgan fingerprint density at radius 2 is 1.52 bits per heavy atom. The zero-order valence-corrected chi connectivity index (χ0v) is 30.3. The van der Waals surface area contributed by atoms with Gasteiger partial charge < -0.3 is 19.7 Å². The maximum Gasteiger partial charge on any atom is 0.407 e. The van der Waals surface area contributed by atoms with Crippen molar-refractivity contribution in [3.63, 3.8) is 0 Å². The maximum absolute atomic E-state index is 15.1. The average Bonchev–Trinajstić information content (AvgIpc) is 3.24. The Balaban J connectivity index is 1.22. The summed E-state index contributed by atoms with van der Waals surface area (Å²) in [6.45, 7) is 9.69. The van der Waals surface area contributed by atoms with Crippen molar-refractivity contribution in [1.29, 1.82) is 0 Å². The van der Waals surface area contributed by atoms with Gasteiger partial charge in [-0.3, -0.25) is 14.6 Å². The number of fused-ring (bicyclic) bond motifs is 2. The molecule has 0 aromatic heterocycles. The fourth-order valence-corrected chi connectivity index (χ4v) is 8.05. The summed E-state index contributed by atoms with van der Waals surface area (Å²) in [6, 6.07) is 15.0. The number of alkyl carbamates (subject to hydrolysis) is 1. The number of rotatable bonds is 6. The number of hydrogen-bond acceptors (Lipinski definition) is 6. The molecule has 2 saturated heterocycles. The zero-order chi connectivity index (χ0) is 35.1. The normalized spacial score (nSPS) is 21.9. The van der Waals surface area contributed by atoms with Crippen molar-refractivity contribution in [3.8, 4) is 11.5 Å². The number of carbonyl (C=O) groups excluding carboxylic acids is 3. The van der Waals surface area contributed by atoms with Gasteiger partial charge in [-0.1, -0.05) is 67.3 Å². The number of carbonyl (C=O) groups is 3. The molecule has 9 heteroatoms. The first-order valence-corrected chi connectivity index (χ1v) is 19.0. The van der Waals surface area contributed by atoms with E-state index < -0.39 is 17.6 Å². The number of piperidine rings is 2. The van der Waals surface area contributed by atoms with Crippen LogP contribution in [-0.2, 0) is 9.53 Å². The van der Waals surface area contributed by atoms with Crippen LogP contribution in [0.5, 0.6) is 11.5 Å². The first-order chi connectivity index (χ1) is 24.2. The molecule has 6 rings (SSSR count). The molecule has 270 valence electrons. The topological polar surface area (TPSA) is 91.4 Å². The maximum atomic E-state index is 15.1. The molecule has 0 spiro atoms. The molecule has 0 saturated carbocycles. The number of nitrogens with one attached hydrogen (secondary N) is 1. The van der Waals surface area contributed by atoms with Gasteiger partial charge in [0.05, 0.1) is 5.92 Å². The number of ether oxygens (including phenoxy) is 2. The van der Waals surface area contributed by atoms with Crippen LogP contribution in [0.3, 0.4) is 0 Å². The summed E-state index contributed by atoms with van der Waals surface area (Å²) in [4.78, 5) is 48.2. The summed E-state index contributed by atoms with van der Waals surface area (Å²) in [7, 11) is 0. The number of likely N-dealkylation sites (tertiary alicyclic amines) is 2. The lowest BCUT2D eigenvalue weighted by Gasteiger charge is -2.43. The minimum Gasteiger partial charge on any atom is -0.457 e. The predicted octanol–water partition coefficient (Wildman–Crippen LogP) is 8.24. The molecular formula is C41H56N4O5. The molecule has 0 radical (unpaired) electrons. The van der Waals surface area contributed by atoms with E-state index in [2.05, 4.69) is 16.3 Å². The Morgan fingerprint density at radius 1 is 0.860 bits per heavy atom. The number of nitrogens with zero attached hydrogens (tertiary/aromatic N) is 3. The lowest BCUT2D eigenvalue weighted by atomic mass is 9.86. The molecule has 1 N–H and O–H groups in total. The minimum absolute atomic E-state index is 0.0739. The van der Waals surface area contributed by atoms with Gasteiger partial charge in [0.15, 0.2) is 0 Å². The lowest BCUT2D eigenvalue weighted by Crippen LogP contribution is -2.57. The van der Waals surface area contributed by atoms with Crippen LogP contribution in [0.1, 0.15) is 108 Å². The first kappa shape index (κ1) is 36.0. The molecule has 0 unspecified atom stereocenters. The Hall–Kier alpha value is -3.85. The second-order valence-electron chi connectivity index (χ2n) is 15.6. The predicted molar refractivity (Wildman–Crippen MR) is 195 cm³/mol. The van der Waals surface area contributed by atoms with Crippen molar-refractivity contribution in [2.24, 2.45) is 5.92 Å². The van der Waals surface area contributed by atoms with Crippen molar-refractivity contribution >= 4 is 18.0 Å². The van der Waals surface area contributed by atoms with Crippen molar-refractivity contribution in [2.75, 3.05) is 39.3 Å². The third-order valence-corrected chi connectivity index (χ3v) is 10.6. The van der Waals surface area contributed by atoms with Gasteiger partial charge in [-0.25, -0.2) is 9.59 Å². The number of urea groups is 1. The Labute approximate surface area is 298 Å². The summed E-state index contributed by atoms with van der Waals surface area (Å²) < 4.78 is 11.7. The lowest BCUT2D eigenvalue weighted by molar-refractivity contribution is -0.132. The van der Waals surface area contributed by atoms with Crippen LogP contribution in [0, 0.1) is 5.92 Å². The molecule has 50 heavy (non-hydrogen) atoms. The third-order valence-electron chi connectivity index (χ3n) is 10.6. The SMILES string of the molecule is CC(C)(C)OC(=O)NC[C@H]1CCCN(C(=O)N(C(=O)C2c3ccccc3Oc3ccccc32)C2CCN(C/C3=C/CCCCCCC3)CC2)C1. The van der Waals surface area contributed by atoms with Gasteiger partial charge in [0.1, 0.15) is 17.1 Å². The summed E-state index contributed by atoms with van der Waals surface area (Å²) in [5.74, 6) is 0.550. The van der Waals surface area contributed by atoms with E-state index in [1.165, 1.54) is 44.9 Å². The van der Waals surface area contributed by atoms with E-state index in [9.17, 15) is 9.59 Å². The van der Waals surface area contributed by atoms with Crippen molar-refractivity contribution in [3.05, 3.63) is 71.3 Å². The summed E-state index contributed by atoms with van der Waals surface area (Å²) in [5, 5.41) is 2.90. The van der Waals surface area contributed by atoms with Gasteiger partial charge in [0.2, 0.25) is 5.91 Å². The smallest absolute Gasteiger partial charge is 0.407 e. The van der Waals surface area contributed by atoms with E-state index in [4.69, 9.17) is 9.47 Å². The van der Waals surface area contributed by atoms with Gasteiger partial charge in [-0.05, 0) is 90.2 Å². The van der Waals surface area contributed by atoms with Crippen LogP contribution in [0.2, 0.25) is 0 Å². The van der Waals surface area contributed by atoms with Gasteiger partial charge in [0, 0.05) is 56.4 Å². The van der Waals surface area contributed by atoms with Crippen LogP contribution >= 0.6 is 0 Å². The summed E-state index contributed by atoms with van der Waals surface area (Å²) in [5.41, 5.74) is 2.54. The molecule has 0 bridgehead atoms. The van der Waals surface area contributed by atoms with Crippen molar-refractivity contribution in [1.82, 2.24) is 20.0 Å². The van der Waals surface area contributed by atoms with E-state index in [1.54, 1.807) is 10.5 Å². The second kappa shape index (κ2) is 16.4. The molecule has 1 atom stereocenters. The fraction of sp³-hybridized carbons (Fsp3) is 0.585. The fourth-order valence-electron chi connectivity index (χ4n) is 8.05. The zero-order valence-electron chi connectivity index (χ0n) is 30.3. The Kier molecular flexibility index (Phi) is 11.8. The second-order valence-corrected chi connectivity index (χ2v) is 15.6. The van der Waals surface area contributed by atoms with Crippen LogP contribution in [-0.4, -0.2) is 83.6 Å². The molecule has 3 heterocycles. The average molecular weight is 685 g/mol. The number of hydrogen-bond donors (Lipinski definition) is 1. The number of amides is 4. The number of allylic oxidation sites excluding steroid dienone is 1. The number of imide groups is 1. The monoisotopic (exact) mass is 684 g/mol. The van der Waals surface area contributed by atoms with E-state index in [-0.39, 0.29) is 23.9 Å². The summed E-state index contributed by atoms with van der Waals surface area (Å²) in [6.07, 6.45) is 14.1. The minimum atomic E-state index is -0.642. The molecule has 4 amide bonds. The molecular weight excluding hydrogens is 628 g/mol. The highest BCUT2D eigenvalue weighted by molar-refractivity contribution is 6.01. The van der Waals surface area contributed by atoms with Crippen LogP contribution in [0.4, 0.5) is 9.59 Å². The van der Waals surface area contributed by atoms with Crippen LogP contribution in [0.15, 0.2) is 60.2 Å². The van der Waals surface area contributed by atoms with E-state index in [0.717, 1.165) is 56.4 Å². The quantitative estimate of drug-likeness (QED) is 0.308. The van der Waals surface area contributed by atoms with E-state index in [0.29, 0.717) is 31.1 Å². The third kappa shape index (κ3) is 9.08. The first-order valence-electron chi connectivity index (χ1n) is 19.0. The Morgan fingerprint density at radius 3 is 2.22 bits per heavy atom. The van der Waals surface area contributed by atoms with Gasteiger partial charge in [-0.2, -0.15) is 0 Å². The molecule has 9 nitrogen and oxygen atoms in total. The summed E-state index contributed by atoms with van der Waals surface area (Å²) >= 11 is 0. The van der Waals surface area contributed by atoms with Gasteiger partial charge in [0.25, 0.3) is 0 Å². The number of benzene rings is 2. The van der Waals surface area contributed by atoms with Crippen LogP contribution < -0.4 is 10.1 Å². The van der Waals surface area contributed by atoms with Gasteiger partial charge >= 0.3 is 12.1 Å². The van der Waals surface area contributed by atoms with Crippen LogP contribution in [0.25, 0.3) is 0 Å². The van der Waals surface area contributed by atoms with E-state index in [1.807, 2.05) is 74.2 Å². The molecule has 2 fully saturated rings.